The van der Waals surface area contributed by atoms with E-state index >= 15 is 0 Å². The fourth-order valence-corrected chi connectivity index (χ4v) is 1.96. The average Bonchev–Trinajstić information content (AvgIpc) is 2.50. The molecule has 1 aromatic carbocycles. The van der Waals surface area contributed by atoms with E-state index in [9.17, 15) is 4.79 Å². The number of carboxylic acid groups (broad SMARTS) is 1. The van der Waals surface area contributed by atoms with Crippen LogP contribution in [0.2, 0.25) is 0 Å². The van der Waals surface area contributed by atoms with Crippen LogP contribution in [0.25, 0.3) is 0 Å². The van der Waals surface area contributed by atoms with Crippen molar-refractivity contribution in [2.24, 2.45) is 0 Å². The van der Waals surface area contributed by atoms with E-state index < -0.39 is 5.97 Å². The monoisotopic (exact) mass is 295 g/mol. The van der Waals surface area contributed by atoms with Gasteiger partial charge in [0.1, 0.15) is 5.75 Å². The summed E-state index contributed by atoms with van der Waals surface area (Å²) in [5.74, 6) is -0.333. The minimum atomic E-state index is -0.937. The first-order valence-corrected chi connectivity index (χ1v) is 7.43. The van der Waals surface area contributed by atoms with Crippen LogP contribution < -0.4 is 4.74 Å². The van der Waals surface area contributed by atoms with E-state index in [1.54, 1.807) is 24.3 Å². The molecule has 0 fully saturated rings. The predicted molar refractivity (Wildman–Crippen MR) is 82.1 cm³/mol. The van der Waals surface area contributed by atoms with E-state index in [1.165, 1.54) is 0 Å². The first kappa shape index (κ1) is 17.5. The number of carbonyl (C=O) groups is 1. The molecule has 0 aliphatic carbocycles. The van der Waals surface area contributed by atoms with E-state index in [0.717, 1.165) is 39.3 Å². The summed E-state index contributed by atoms with van der Waals surface area (Å²) in [6, 6.07) is 6.58. The lowest BCUT2D eigenvalue weighted by Crippen LogP contribution is -2.29. The first-order chi connectivity index (χ1) is 10.2. The second-order valence-corrected chi connectivity index (χ2v) is 4.67. The van der Waals surface area contributed by atoms with E-state index in [1.807, 2.05) is 6.92 Å². The summed E-state index contributed by atoms with van der Waals surface area (Å²) in [7, 11) is 0. The van der Waals surface area contributed by atoms with Crippen molar-refractivity contribution in [1.82, 2.24) is 4.90 Å². The summed E-state index contributed by atoms with van der Waals surface area (Å²) in [6.07, 6.45) is 0.900. The van der Waals surface area contributed by atoms with Crippen molar-refractivity contribution in [2.45, 2.75) is 20.3 Å². The summed E-state index contributed by atoms with van der Waals surface area (Å²) in [5, 5.41) is 8.91. The third-order valence-corrected chi connectivity index (χ3v) is 3.17. The van der Waals surface area contributed by atoms with Gasteiger partial charge in [0, 0.05) is 19.7 Å². The van der Waals surface area contributed by atoms with Gasteiger partial charge in [0.25, 0.3) is 0 Å². The van der Waals surface area contributed by atoms with Crippen LogP contribution >= 0.6 is 0 Å². The zero-order valence-corrected chi connectivity index (χ0v) is 12.9. The molecule has 118 valence electrons. The van der Waals surface area contributed by atoms with Crippen molar-refractivity contribution in [2.75, 3.05) is 39.5 Å². The highest BCUT2D eigenvalue weighted by atomic mass is 16.5. The lowest BCUT2D eigenvalue weighted by Gasteiger charge is -2.20. The van der Waals surface area contributed by atoms with E-state index in [4.69, 9.17) is 14.6 Å². The standard InChI is InChI=1S/C16H25NO4/c1-3-17(10-12-20-4-2)9-6-11-21-15-8-5-7-14(13-15)16(18)19/h5,7-8,13H,3-4,6,9-12H2,1-2H3,(H,18,19). The first-order valence-electron chi connectivity index (χ1n) is 7.43. The van der Waals surface area contributed by atoms with Gasteiger partial charge in [-0.25, -0.2) is 4.79 Å². The van der Waals surface area contributed by atoms with Gasteiger partial charge < -0.3 is 19.5 Å². The molecule has 0 atom stereocenters. The molecule has 5 nitrogen and oxygen atoms in total. The SMILES string of the molecule is CCOCCN(CC)CCCOc1cccc(C(=O)O)c1. The Labute approximate surface area is 126 Å². The normalized spacial score (nSPS) is 10.8. The molecule has 0 amide bonds. The molecular formula is C16H25NO4. The number of hydrogen-bond acceptors (Lipinski definition) is 4. The third-order valence-electron chi connectivity index (χ3n) is 3.17. The Bertz CT molecular complexity index is 422. The Kier molecular flexibility index (Phi) is 8.47. The number of nitrogens with zero attached hydrogens (tertiary/aromatic N) is 1. The van der Waals surface area contributed by atoms with E-state index in [0.29, 0.717) is 12.4 Å². The Morgan fingerprint density at radius 3 is 2.71 bits per heavy atom. The van der Waals surface area contributed by atoms with Crippen LogP contribution in [-0.4, -0.2) is 55.4 Å². The molecule has 0 aliphatic rings. The summed E-state index contributed by atoms with van der Waals surface area (Å²) in [4.78, 5) is 13.2. The zero-order valence-electron chi connectivity index (χ0n) is 12.9. The van der Waals surface area contributed by atoms with Gasteiger partial charge in [0.2, 0.25) is 0 Å². The lowest BCUT2D eigenvalue weighted by molar-refractivity contribution is 0.0696. The number of likely N-dealkylation sites (N-methyl/N-ethyl adjacent to an activating group) is 1. The molecule has 0 aliphatic heterocycles. The molecule has 0 heterocycles. The Morgan fingerprint density at radius 1 is 1.24 bits per heavy atom. The molecule has 0 unspecified atom stereocenters. The fourth-order valence-electron chi connectivity index (χ4n) is 1.96. The van der Waals surface area contributed by atoms with Crippen LogP contribution in [0.15, 0.2) is 24.3 Å². The minimum absolute atomic E-state index is 0.249. The number of benzene rings is 1. The van der Waals surface area contributed by atoms with E-state index in [2.05, 4.69) is 11.8 Å². The number of aromatic carboxylic acids is 1. The molecule has 0 spiro atoms. The maximum absolute atomic E-state index is 10.9. The van der Waals surface area contributed by atoms with Crippen LogP contribution in [0.1, 0.15) is 30.6 Å². The second kappa shape index (κ2) is 10.2. The Hall–Kier alpha value is -1.59. The number of rotatable bonds is 11. The molecule has 1 N–H and O–H groups in total. The van der Waals surface area contributed by atoms with Crippen molar-refractivity contribution in [3.05, 3.63) is 29.8 Å². The van der Waals surface area contributed by atoms with Gasteiger partial charge in [-0.1, -0.05) is 13.0 Å². The van der Waals surface area contributed by atoms with Crippen molar-refractivity contribution < 1.29 is 19.4 Å². The summed E-state index contributed by atoms with van der Waals surface area (Å²) in [6.45, 7) is 9.07. The maximum atomic E-state index is 10.9. The van der Waals surface area contributed by atoms with Crippen LogP contribution in [-0.2, 0) is 4.74 Å². The van der Waals surface area contributed by atoms with Gasteiger partial charge in [0.05, 0.1) is 18.8 Å². The largest absolute Gasteiger partial charge is 0.494 e. The Morgan fingerprint density at radius 2 is 2.05 bits per heavy atom. The molecule has 0 radical (unpaired) electrons. The van der Waals surface area contributed by atoms with Gasteiger partial charge in [-0.2, -0.15) is 0 Å². The molecule has 0 bridgehead atoms. The summed E-state index contributed by atoms with van der Waals surface area (Å²) in [5.41, 5.74) is 0.249. The maximum Gasteiger partial charge on any atom is 0.335 e. The van der Waals surface area contributed by atoms with Gasteiger partial charge in [-0.15, -0.1) is 0 Å². The zero-order chi connectivity index (χ0) is 15.5. The highest BCUT2D eigenvalue weighted by Gasteiger charge is 2.05. The van der Waals surface area contributed by atoms with Crippen LogP contribution in [0.3, 0.4) is 0 Å². The predicted octanol–water partition coefficient (Wildman–Crippen LogP) is 2.51. The van der Waals surface area contributed by atoms with Crippen LogP contribution in [0.5, 0.6) is 5.75 Å². The average molecular weight is 295 g/mol. The van der Waals surface area contributed by atoms with Gasteiger partial charge in [-0.05, 0) is 38.1 Å². The molecule has 5 heteroatoms. The second-order valence-electron chi connectivity index (χ2n) is 4.67. The van der Waals surface area contributed by atoms with Crippen molar-refractivity contribution in [3.63, 3.8) is 0 Å². The number of ether oxygens (including phenoxy) is 2. The van der Waals surface area contributed by atoms with Gasteiger partial charge in [0.15, 0.2) is 0 Å². The highest BCUT2D eigenvalue weighted by molar-refractivity contribution is 5.87. The number of hydrogen-bond donors (Lipinski definition) is 1. The summed E-state index contributed by atoms with van der Waals surface area (Å²) >= 11 is 0. The molecular weight excluding hydrogens is 270 g/mol. The Balaban J connectivity index is 2.26. The fraction of sp³-hybridized carbons (Fsp3) is 0.562. The van der Waals surface area contributed by atoms with Crippen LogP contribution in [0, 0.1) is 0 Å². The third kappa shape index (κ3) is 7.11. The van der Waals surface area contributed by atoms with Crippen molar-refractivity contribution in [1.29, 1.82) is 0 Å². The highest BCUT2D eigenvalue weighted by Crippen LogP contribution is 2.13. The molecule has 1 rings (SSSR count). The molecule has 0 aromatic heterocycles. The van der Waals surface area contributed by atoms with Gasteiger partial charge in [-0.3, -0.25) is 0 Å². The lowest BCUT2D eigenvalue weighted by atomic mass is 10.2. The molecule has 1 aromatic rings. The molecule has 0 saturated carbocycles. The van der Waals surface area contributed by atoms with Crippen LogP contribution in [0.4, 0.5) is 0 Å². The minimum Gasteiger partial charge on any atom is -0.494 e. The quantitative estimate of drug-likeness (QED) is 0.636. The smallest absolute Gasteiger partial charge is 0.335 e. The number of carboxylic acids is 1. The summed E-state index contributed by atoms with van der Waals surface area (Å²) < 4.78 is 10.9. The van der Waals surface area contributed by atoms with Crippen molar-refractivity contribution >= 4 is 5.97 Å². The topological polar surface area (TPSA) is 59.0 Å². The van der Waals surface area contributed by atoms with E-state index in [-0.39, 0.29) is 5.56 Å². The molecule has 0 saturated heterocycles. The van der Waals surface area contributed by atoms with Gasteiger partial charge >= 0.3 is 5.97 Å². The van der Waals surface area contributed by atoms with Crippen molar-refractivity contribution in [3.8, 4) is 5.75 Å². The molecule has 21 heavy (non-hydrogen) atoms.